The topological polar surface area (TPSA) is 61.8 Å². The molecule has 6 heteroatoms. The van der Waals surface area contributed by atoms with Crippen molar-refractivity contribution in [2.24, 2.45) is 0 Å². The molecule has 0 bridgehead atoms. The lowest BCUT2D eigenvalue weighted by Crippen LogP contribution is -2.29. The van der Waals surface area contributed by atoms with Crippen LogP contribution in [0, 0.1) is 6.92 Å². The summed E-state index contributed by atoms with van der Waals surface area (Å²) in [4.78, 5) is 14.4. The molecule has 2 aromatic carbocycles. The van der Waals surface area contributed by atoms with Crippen LogP contribution in [-0.2, 0) is 0 Å². The van der Waals surface area contributed by atoms with E-state index >= 15 is 0 Å². The van der Waals surface area contributed by atoms with Crippen molar-refractivity contribution in [3.05, 3.63) is 47.5 Å². The van der Waals surface area contributed by atoms with Crippen LogP contribution in [0.15, 0.2) is 41.3 Å². The maximum Gasteiger partial charge on any atom is 0.335 e. The predicted molar refractivity (Wildman–Crippen MR) is 107 cm³/mol. The van der Waals surface area contributed by atoms with Crippen LogP contribution in [0.3, 0.4) is 0 Å². The van der Waals surface area contributed by atoms with Gasteiger partial charge in [0.2, 0.25) is 0 Å². The van der Waals surface area contributed by atoms with E-state index in [0.29, 0.717) is 5.75 Å². The Morgan fingerprint density at radius 1 is 1.15 bits per heavy atom. The highest BCUT2D eigenvalue weighted by Crippen LogP contribution is 2.36. The number of methoxy groups -OCH3 is 1. The Morgan fingerprint density at radius 2 is 1.92 bits per heavy atom. The van der Waals surface area contributed by atoms with Gasteiger partial charge in [0.05, 0.1) is 28.9 Å². The predicted octanol–water partition coefficient (Wildman–Crippen LogP) is 4.81. The molecule has 0 radical (unpaired) electrons. The molecule has 138 valence electrons. The summed E-state index contributed by atoms with van der Waals surface area (Å²) in [5.74, 6) is -0.293. The number of benzene rings is 2. The SMILES string of the molecule is COc1ccc(C(=O)O)cc1SNc1cc(C)ccc1N1CCCCC1. The Kier molecular flexibility index (Phi) is 5.93. The minimum Gasteiger partial charge on any atom is -0.496 e. The molecule has 0 aromatic heterocycles. The fourth-order valence-electron chi connectivity index (χ4n) is 3.14. The Hall–Kier alpha value is -2.34. The van der Waals surface area contributed by atoms with E-state index in [-0.39, 0.29) is 5.56 Å². The number of piperidine rings is 1. The first-order valence-electron chi connectivity index (χ1n) is 8.78. The molecule has 0 unspecified atom stereocenters. The van der Waals surface area contributed by atoms with E-state index in [9.17, 15) is 9.90 Å². The monoisotopic (exact) mass is 372 g/mol. The molecular weight excluding hydrogens is 348 g/mol. The van der Waals surface area contributed by atoms with E-state index in [0.717, 1.165) is 23.7 Å². The van der Waals surface area contributed by atoms with Crippen LogP contribution in [0.4, 0.5) is 11.4 Å². The molecule has 1 aliphatic rings. The second-order valence-corrected chi connectivity index (χ2v) is 7.29. The number of aryl methyl sites for hydroxylation is 1. The molecule has 26 heavy (non-hydrogen) atoms. The second kappa shape index (κ2) is 8.36. The molecule has 5 nitrogen and oxygen atoms in total. The van der Waals surface area contributed by atoms with Crippen molar-refractivity contribution in [1.82, 2.24) is 0 Å². The number of hydrogen-bond donors (Lipinski definition) is 2. The summed E-state index contributed by atoms with van der Waals surface area (Å²) in [6, 6.07) is 11.3. The number of aromatic carboxylic acids is 1. The number of ether oxygens (including phenoxy) is 1. The van der Waals surface area contributed by atoms with Crippen molar-refractivity contribution < 1.29 is 14.6 Å². The van der Waals surface area contributed by atoms with Gasteiger partial charge in [0.1, 0.15) is 5.75 Å². The lowest BCUT2D eigenvalue weighted by Gasteiger charge is -2.30. The third-order valence-corrected chi connectivity index (χ3v) is 5.39. The van der Waals surface area contributed by atoms with Gasteiger partial charge in [0.25, 0.3) is 0 Å². The summed E-state index contributed by atoms with van der Waals surface area (Å²) in [5, 5.41) is 9.23. The highest BCUT2D eigenvalue weighted by molar-refractivity contribution is 8.00. The van der Waals surface area contributed by atoms with Crippen molar-refractivity contribution in [3.63, 3.8) is 0 Å². The number of anilines is 2. The van der Waals surface area contributed by atoms with Gasteiger partial charge < -0.3 is 19.5 Å². The first-order chi connectivity index (χ1) is 12.6. The van der Waals surface area contributed by atoms with Crippen molar-refractivity contribution in [2.45, 2.75) is 31.1 Å². The lowest BCUT2D eigenvalue weighted by atomic mass is 10.1. The quantitative estimate of drug-likeness (QED) is 0.710. The highest BCUT2D eigenvalue weighted by Gasteiger charge is 2.16. The molecule has 0 atom stereocenters. The zero-order valence-electron chi connectivity index (χ0n) is 15.1. The van der Waals surface area contributed by atoms with Crippen LogP contribution < -0.4 is 14.4 Å². The highest BCUT2D eigenvalue weighted by atomic mass is 32.2. The number of nitrogens with zero attached hydrogens (tertiary/aromatic N) is 1. The molecule has 0 aliphatic carbocycles. The Labute approximate surface area is 158 Å². The molecule has 3 rings (SSSR count). The number of hydrogen-bond acceptors (Lipinski definition) is 5. The van der Waals surface area contributed by atoms with Crippen LogP contribution >= 0.6 is 11.9 Å². The first kappa shape index (κ1) is 18.5. The van der Waals surface area contributed by atoms with Gasteiger partial charge in [-0.3, -0.25) is 0 Å². The maximum atomic E-state index is 11.3. The molecule has 0 amide bonds. The van der Waals surface area contributed by atoms with Gasteiger partial charge in [0, 0.05) is 13.1 Å². The molecule has 2 aromatic rings. The summed E-state index contributed by atoms with van der Waals surface area (Å²) in [7, 11) is 1.59. The number of carboxylic acid groups (broad SMARTS) is 1. The normalized spacial score (nSPS) is 14.2. The van der Waals surface area contributed by atoms with E-state index in [1.54, 1.807) is 25.3 Å². The van der Waals surface area contributed by atoms with E-state index in [1.807, 2.05) is 0 Å². The molecule has 0 saturated carbocycles. The van der Waals surface area contributed by atoms with Crippen LogP contribution in [-0.4, -0.2) is 31.3 Å². The molecular formula is C20H24N2O3S. The van der Waals surface area contributed by atoms with Crippen LogP contribution in [0.25, 0.3) is 0 Å². The van der Waals surface area contributed by atoms with E-state index in [2.05, 4.69) is 34.7 Å². The Balaban J connectivity index is 1.84. The first-order valence-corrected chi connectivity index (χ1v) is 9.60. The van der Waals surface area contributed by atoms with Crippen LogP contribution in [0.2, 0.25) is 0 Å². The number of carboxylic acids is 1. The fraction of sp³-hybridized carbons (Fsp3) is 0.350. The van der Waals surface area contributed by atoms with Gasteiger partial charge in [-0.1, -0.05) is 6.07 Å². The third kappa shape index (κ3) is 4.25. The molecule has 1 saturated heterocycles. The lowest BCUT2D eigenvalue weighted by molar-refractivity contribution is 0.0696. The maximum absolute atomic E-state index is 11.3. The van der Waals surface area contributed by atoms with Gasteiger partial charge in [-0.2, -0.15) is 0 Å². The van der Waals surface area contributed by atoms with Gasteiger partial charge >= 0.3 is 5.97 Å². The van der Waals surface area contributed by atoms with Crippen molar-refractivity contribution >= 4 is 29.3 Å². The molecule has 1 fully saturated rings. The van der Waals surface area contributed by atoms with Gasteiger partial charge in [-0.25, -0.2) is 4.79 Å². The summed E-state index contributed by atoms with van der Waals surface area (Å²) in [6.07, 6.45) is 3.73. The minimum atomic E-state index is -0.945. The van der Waals surface area contributed by atoms with Crippen molar-refractivity contribution in [2.75, 3.05) is 29.8 Å². The fourth-order valence-corrected chi connectivity index (χ4v) is 3.96. The number of rotatable bonds is 6. The van der Waals surface area contributed by atoms with Gasteiger partial charge in [0.15, 0.2) is 0 Å². The van der Waals surface area contributed by atoms with E-state index in [4.69, 9.17) is 4.74 Å². The number of nitrogens with one attached hydrogen (secondary N) is 1. The molecule has 1 aliphatic heterocycles. The largest absolute Gasteiger partial charge is 0.496 e. The zero-order valence-corrected chi connectivity index (χ0v) is 15.9. The van der Waals surface area contributed by atoms with Crippen molar-refractivity contribution in [1.29, 1.82) is 0 Å². The third-order valence-electron chi connectivity index (χ3n) is 4.53. The Morgan fingerprint density at radius 3 is 2.62 bits per heavy atom. The average Bonchev–Trinajstić information content (AvgIpc) is 2.66. The Bertz CT molecular complexity index is 789. The second-order valence-electron chi connectivity index (χ2n) is 6.44. The van der Waals surface area contributed by atoms with E-state index < -0.39 is 5.97 Å². The summed E-state index contributed by atoms with van der Waals surface area (Å²) < 4.78 is 8.79. The summed E-state index contributed by atoms with van der Waals surface area (Å²) in [6.45, 7) is 4.21. The van der Waals surface area contributed by atoms with Crippen LogP contribution in [0.5, 0.6) is 5.75 Å². The van der Waals surface area contributed by atoms with Crippen molar-refractivity contribution in [3.8, 4) is 5.75 Å². The van der Waals surface area contributed by atoms with Gasteiger partial charge in [-0.05, 0) is 74.0 Å². The summed E-state index contributed by atoms with van der Waals surface area (Å²) in [5.41, 5.74) is 3.66. The number of carbonyl (C=O) groups is 1. The average molecular weight is 372 g/mol. The molecule has 2 N–H and O–H groups in total. The zero-order chi connectivity index (χ0) is 18.5. The standard InChI is InChI=1S/C20H24N2O3S/c1-14-6-8-17(22-10-4-3-5-11-22)16(12-14)21-26-19-13-15(20(23)24)7-9-18(19)25-2/h6-9,12-13,21H,3-5,10-11H2,1-2H3,(H,23,24). The smallest absolute Gasteiger partial charge is 0.335 e. The summed E-state index contributed by atoms with van der Waals surface area (Å²) >= 11 is 1.38. The van der Waals surface area contributed by atoms with E-state index in [1.165, 1.54) is 42.5 Å². The van der Waals surface area contributed by atoms with Crippen LogP contribution in [0.1, 0.15) is 35.2 Å². The molecule has 0 spiro atoms. The molecule has 1 heterocycles. The van der Waals surface area contributed by atoms with Gasteiger partial charge in [-0.15, -0.1) is 0 Å². The minimum absolute atomic E-state index is 0.246.